The molecule has 6 N–H and O–H groups in total. The number of aliphatic hydroxyl groups excluding tert-OH is 4. The van der Waals surface area contributed by atoms with Crippen LogP contribution in [0.3, 0.4) is 0 Å². The van der Waals surface area contributed by atoms with E-state index in [2.05, 4.69) is 0 Å². The lowest BCUT2D eigenvalue weighted by molar-refractivity contribution is -0.373. The maximum atomic E-state index is 11.3. The Bertz CT molecular complexity index is 716. The summed E-state index contributed by atoms with van der Waals surface area (Å²) >= 11 is 0. The van der Waals surface area contributed by atoms with Crippen LogP contribution in [-0.4, -0.2) is 66.3 Å². The molecule has 2 aromatic rings. The molecule has 0 saturated heterocycles. The van der Waals surface area contributed by atoms with Crippen molar-refractivity contribution in [3.8, 4) is 0 Å². The quantitative estimate of drug-likeness (QED) is 0.439. The summed E-state index contributed by atoms with van der Waals surface area (Å²) in [6.45, 7) is 0. The van der Waals surface area contributed by atoms with Crippen molar-refractivity contribution < 1.29 is 30.6 Å². The summed E-state index contributed by atoms with van der Waals surface area (Å²) in [5.41, 5.74) is -3.37. The number of rotatable bonds is 3. The molecule has 8 atom stereocenters. The van der Waals surface area contributed by atoms with Gasteiger partial charge in [0.25, 0.3) is 0 Å². The van der Waals surface area contributed by atoms with E-state index in [1.54, 1.807) is 60.7 Å². The van der Waals surface area contributed by atoms with Crippen molar-refractivity contribution in [3.63, 3.8) is 0 Å². The van der Waals surface area contributed by atoms with E-state index in [0.717, 1.165) is 0 Å². The van der Waals surface area contributed by atoms with Crippen molar-refractivity contribution in [2.24, 2.45) is 0 Å². The molecule has 6 nitrogen and oxygen atoms in total. The van der Waals surface area contributed by atoms with E-state index in [9.17, 15) is 30.6 Å². The Labute approximate surface area is 150 Å². The molecular weight excluding hydrogens is 336 g/mol. The highest BCUT2D eigenvalue weighted by molar-refractivity contribution is 5.44. The van der Waals surface area contributed by atoms with Gasteiger partial charge in [0.2, 0.25) is 0 Å². The second-order valence-electron chi connectivity index (χ2n) is 7.30. The van der Waals surface area contributed by atoms with Crippen LogP contribution in [-0.2, 0) is 0 Å². The maximum Gasteiger partial charge on any atom is 0.134 e. The van der Waals surface area contributed by atoms with Crippen LogP contribution in [0.4, 0.5) is 0 Å². The summed E-state index contributed by atoms with van der Waals surface area (Å²) in [7, 11) is 0. The first-order valence-electron chi connectivity index (χ1n) is 8.62. The molecule has 0 aliphatic heterocycles. The summed E-state index contributed by atoms with van der Waals surface area (Å²) in [5.74, 6) is -2.01. The smallest absolute Gasteiger partial charge is 0.134 e. The molecule has 0 aromatic heterocycles. The lowest BCUT2D eigenvalue weighted by Gasteiger charge is -2.68. The van der Waals surface area contributed by atoms with E-state index in [-0.39, 0.29) is 0 Å². The van der Waals surface area contributed by atoms with Crippen molar-refractivity contribution in [1.29, 1.82) is 0 Å². The number of hydrogen-bond donors (Lipinski definition) is 6. The van der Waals surface area contributed by atoms with Gasteiger partial charge in [-0.2, -0.15) is 0 Å². The highest BCUT2D eigenvalue weighted by Crippen LogP contribution is 2.62. The fourth-order valence-electron chi connectivity index (χ4n) is 4.73. The zero-order chi connectivity index (χ0) is 18.7. The van der Waals surface area contributed by atoms with E-state index in [0.29, 0.717) is 11.1 Å². The van der Waals surface area contributed by atoms with Gasteiger partial charge in [-0.25, -0.2) is 0 Å². The Morgan fingerprint density at radius 3 is 1.15 bits per heavy atom. The van der Waals surface area contributed by atoms with Gasteiger partial charge in [-0.15, -0.1) is 0 Å². The third kappa shape index (κ3) is 1.97. The van der Waals surface area contributed by atoms with Crippen LogP contribution in [0.1, 0.15) is 23.0 Å². The minimum Gasteiger partial charge on any atom is -0.390 e. The van der Waals surface area contributed by atoms with E-state index in [4.69, 9.17) is 0 Å². The molecular formula is C20H22O6. The molecule has 0 bridgehead atoms. The average molecular weight is 358 g/mol. The Kier molecular flexibility index (Phi) is 3.96. The third-order valence-corrected chi connectivity index (χ3v) is 6.14. The van der Waals surface area contributed by atoms with Crippen LogP contribution < -0.4 is 0 Å². The van der Waals surface area contributed by atoms with Gasteiger partial charge in [0.1, 0.15) is 23.4 Å². The average Bonchev–Trinajstić information content (AvgIpc) is 2.68. The molecule has 0 spiro atoms. The van der Waals surface area contributed by atoms with Gasteiger partial charge in [0, 0.05) is 11.8 Å². The zero-order valence-corrected chi connectivity index (χ0v) is 13.9. The summed E-state index contributed by atoms with van der Waals surface area (Å²) < 4.78 is 0. The Morgan fingerprint density at radius 1 is 0.538 bits per heavy atom. The van der Waals surface area contributed by atoms with Gasteiger partial charge in [-0.3, -0.25) is 0 Å². The van der Waals surface area contributed by atoms with Crippen LogP contribution in [0.25, 0.3) is 0 Å². The standard InChI is InChI=1S/C20H22O6/c21-15-13(11-7-3-1-4-8-11)19(25,17(15)23)20(26)14(16(22)18(20)24)12-9-5-2-6-10-12/h1-10,13-18,21-26H/t13?,14?,15?,16?,17-,18-,19-,20-/m1/s1. The van der Waals surface area contributed by atoms with Gasteiger partial charge in [0.15, 0.2) is 0 Å². The SMILES string of the molecule is OC1C(c2ccccc2)[C@](O)([C@@]2(O)C(c3ccccc3)C(O)[C@H]2O)[C@@H]1O. The molecule has 4 rings (SSSR count). The summed E-state index contributed by atoms with van der Waals surface area (Å²) in [6.07, 6.45) is -5.92. The third-order valence-electron chi connectivity index (χ3n) is 6.14. The monoisotopic (exact) mass is 358 g/mol. The lowest BCUT2D eigenvalue weighted by atomic mass is 9.44. The molecule has 2 aliphatic carbocycles. The molecule has 6 heteroatoms. The fourth-order valence-corrected chi connectivity index (χ4v) is 4.73. The van der Waals surface area contributed by atoms with Crippen LogP contribution >= 0.6 is 0 Å². The van der Waals surface area contributed by atoms with Crippen LogP contribution in [0, 0.1) is 0 Å². The highest BCUT2D eigenvalue weighted by atomic mass is 16.4. The highest BCUT2D eigenvalue weighted by Gasteiger charge is 2.80. The molecule has 0 amide bonds. The topological polar surface area (TPSA) is 121 Å². The van der Waals surface area contributed by atoms with Gasteiger partial charge < -0.3 is 30.6 Å². The van der Waals surface area contributed by atoms with Gasteiger partial charge >= 0.3 is 0 Å². The molecule has 138 valence electrons. The minimum absolute atomic E-state index is 0.529. The molecule has 26 heavy (non-hydrogen) atoms. The second-order valence-corrected chi connectivity index (χ2v) is 7.30. The van der Waals surface area contributed by atoms with Crippen molar-refractivity contribution in [2.45, 2.75) is 47.5 Å². The first-order valence-corrected chi connectivity index (χ1v) is 8.62. The van der Waals surface area contributed by atoms with E-state index in [1.807, 2.05) is 0 Å². The van der Waals surface area contributed by atoms with Crippen LogP contribution in [0.5, 0.6) is 0 Å². The molecule has 2 fully saturated rings. The predicted octanol–water partition coefficient (Wildman–Crippen LogP) is -0.513. The number of hydrogen-bond acceptors (Lipinski definition) is 6. The van der Waals surface area contributed by atoms with E-state index in [1.165, 1.54) is 0 Å². The fraction of sp³-hybridized carbons (Fsp3) is 0.400. The van der Waals surface area contributed by atoms with Gasteiger partial charge in [-0.05, 0) is 11.1 Å². The largest absolute Gasteiger partial charge is 0.390 e. The van der Waals surface area contributed by atoms with Crippen LogP contribution in [0.2, 0.25) is 0 Å². The minimum atomic E-state index is -2.22. The summed E-state index contributed by atoms with van der Waals surface area (Å²) in [4.78, 5) is 0. The van der Waals surface area contributed by atoms with Crippen molar-refractivity contribution in [3.05, 3.63) is 71.8 Å². The number of aliphatic hydroxyl groups is 6. The Morgan fingerprint density at radius 2 is 0.846 bits per heavy atom. The zero-order valence-electron chi connectivity index (χ0n) is 13.9. The van der Waals surface area contributed by atoms with Crippen LogP contribution in [0.15, 0.2) is 60.7 Å². The second kappa shape index (κ2) is 5.85. The normalized spacial score (nSPS) is 44.8. The summed E-state index contributed by atoms with van der Waals surface area (Å²) in [6, 6.07) is 17.1. The molecule has 4 unspecified atom stereocenters. The molecule has 2 saturated carbocycles. The lowest BCUT2D eigenvalue weighted by Crippen LogP contribution is -2.87. The molecule has 2 aromatic carbocycles. The van der Waals surface area contributed by atoms with Crippen molar-refractivity contribution >= 4 is 0 Å². The first-order chi connectivity index (χ1) is 12.3. The first kappa shape index (κ1) is 17.6. The molecule has 2 aliphatic rings. The van der Waals surface area contributed by atoms with Gasteiger partial charge in [0.05, 0.1) is 12.2 Å². The van der Waals surface area contributed by atoms with Crippen molar-refractivity contribution in [2.75, 3.05) is 0 Å². The van der Waals surface area contributed by atoms with E-state index >= 15 is 0 Å². The Balaban J connectivity index is 1.80. The summed E-state index contributed by atoms with van der Waals surface area (Å²) in [5, 5.41) is 64.0. The van der Waals surface area contributed by atoms with E-state index < -0.39 is 47.5 Å². The molecule has 0 radical (unpaired) electrons. The predicted molar refractivity (Wildman–Crippen MR) is 92.3 cm³/mol. The van der Waals surface area contributed by atoms with Crippen molar-refractivity contribution in [1.82, 2.24) is 0 Å². The maximum absolute atomic E-state index is 11.3. The molecule has 0 heterocycles. The van der Waals surface area contributed by atoms with Gasteiger partial charge in [-0.1, -0.05) is 60.7 Å². The number of benzene rings is 2. The Hall–Kier alpha value is -1.80.